The summed E-state index contributed by atoms with van der Waals surface area (Å²) < 4.78 is 4.43. The third-order valence-corrected chi connectivity index (χ3v) is 5.82. The number of rotatable bonds is 6. The van der Waals surface area contributed by atoms with Gasteiger partial charge in [-0.05, 0) is 30.7 Å². The van der Waals surface area contributed by atoms with Gasteiger partial charge in [0.2, 0.25) is 5.91 Å². The van der Waals surface area contributed by atoms with Gasteiger partial charge in [-0.3, -0.25) is 13.9 Å². The molecular weight excluding hydrogens is 372 g/mol. The number of carbonyl (C=O) groups is 1. The third kappa shape index (κ3) is 3.33. The van der Waals surface area contributed by atoms with E-state index in [1.807, 2.05) is 55.5 Å². The SMILES string of the molecule is CCCn1c(=O)n(CC(=O)N(C)Cc2nc3ccccc3s2)c2ccccc21. The summed E-state index contributed by atoms with van der Waals surface area (Å²) in [6.07, 6.45) is 0.860. The maximum Gasteiger partial charge on any atom is 0.329 e. The van der Waals surface area contributed by atoms with E-state index in [4.69, 9.17) is 0 Å². The second kappa shape index (κ2) is 7.59. The molecule has 0 atom stereocenters. The average molecular weight is 395 g/mol. The predicted octanol–water partition coefficient (Wildman–Crippen LogP) is 3.48. The zero-order valence-corrected chi connectivity index (χ0v) is 16.8. The largest absolute Gasteiger partial charge is 0.337 e. The summed E-state index contributed by atoms with van der Waals surface area (Å²) in [7, 11) is 1.75. The number of fused-ring (bicyclic) bond motifs is 2. The van der Waals surface area contributed by atoms with Crippen molar-refractivity contribution in [3.63, 3.8) is 0 Å². The highest BCUT2D eigenvalue weighted by atomic mass is 32.1. The van der Waals surface area contributed by atoms with E-state index in [0.717, 1.165) is 32.7 Å². The van der Waals surface area contributed by atoms with Crippen LogP contribution in [0.2, 0.25) is 0 Å². The Kier molecular flexibility index (Phi) is 5.00. The Morgan fingerprint density at radius 2 is 1.75 bits per heavy atom. The summed E-state index contributed by atoms with van der Waals surface area (Å²) >= 11 is 1.59. The first-order valence-corrected chi connectivity index (χ1v) is 10.2. The van der Waals surface area contributed by atoms with Crippen LogP contribution in [-0.2, 0) is 24.4 Å². The van der Waals surface area contributed by atoms with Crippen LogP contribution in [0.15, 0.2) is 53.3 Å². The number of benzene rings is 2. The number of amides is 1. The number of nitrogens with zero attached hydrogens (tertiary/aromatic N) is 4. The Morgan fingerprint density at radius 3 is 2.46 bits per heavy atom. The van der Waals surface area contributed by atoms with Gasteiger partial charge in [-0.1, -0.05) is 31.2 Å². The minimum Gasteiger partial charge on any atom is -0.337 e. The van der Waals surface area contributed by atoms with E-state index < -0.39 is 0 Å². The lowest BCUT2D eigenvalue weighted by Gasteiger charge is -2.16. The number of aromatic nitrogens is 3. The van der Waals surface area contributed by atoms with Crippen molar-refractivity contribution in [1.82, 2.24) is 19.0 Å². The quantitative estimate of drug-likeness (QED) is 0.503. The smallest absolute Gasteiger partial charge is 0.329 e. The lowest BCUT2D eigenvalue weighted by Crippen LogP contribution is -2.34. The molecule has 0 aliphatic carbocycles. The number of hydrogen-bond donors (Lipinski definition) is 0. The molecule has 6 nitrogen and oxygen atoms in total. The molecule has 0 N–H and O–H groups in total. The highest BCUT2D eigenvalue weighted by Crippen LogP contribution is 2.22. The highest BCUT2D eigenvalue weighted by Gasteiger charge is 2.18. The van der Waals surface area contributed by atoms with Crippen LogP contribution in [0, 0.1) is 0 Å². The van der Waals surface area contributed by atoms with E-state index in [0.29, 0.717) is 13.1 Å². The van der Waals surface area contributed by atoms with Crippen LogP contribution in [0.3, 0.4) is 0 Å². The molecule has 0 unspecified atom stereocenters. The van der Waals surface area contributed by atoms with Crippen molar-refractivity contribution in [3.8, 4) is 0 Å². The number of hydrogen-bond acceptors (Lipinski definition) is 4. The molecule has 0 aliphatic rings. The summed E-state index contributed by atoms with van der Waals surface area (Å²) in [6.45, 7) is 3.13. The molecule has 28 heavy (non-hydrogen) atoms. The monoisotopic (exact) mass is 394 g/mol. The van der Waals surface area contributed by atoms with Crippen molar-refractivity contribution in [2.75, 3.05) is 7.05 Å². The van der Waals surface area contributed by atoms with Gasteiger partial charge < -0.3 is 4.90 Å². The maximum absolute atomic E-state index is 12.9. The van der Waals surface area contributed by atoms with Crippen molar-refractivity contribution in [1.29, 1.82) is 0 Å². The number of thiazole rings is 1. The van der Waals surface area contributed by atoms with Gasteiger partial charge in [0, 0.05) is 13.6 Å². The standard InChI is InChI=1S/C21H22N4O2S/c1-3-12-24-16-9-5-6-10-17(16)25(21(24)27)14-20(26)23(2)13-19-22-15-8-4-7-11-18(15)28-19/h4-11H,3,12-14H2,1-2H3. The summed E-state index contributed by atoms with van der Waals surface area (Å²) in [4.78, 5) is 31.9. The van der Waals surface area contributed by atoms with Crippen molar-refractivity contribution < 1.29 is 4.79 Å². The van der Waals surface area contributed by atoms with Gasteiger partial charge in [-0.2, -0.15) is 0 Å². The van der Waals surface area contributed by atoms with Crippen LogP contribution < -0.4 is 5.69 Å². The first-order valence-electron chi connectivity index (χ1n) is 9.35. The fourth-order valence-electron chi connectivity index (χ4n) is 3.40. The molecule has 2 heterocycles. The average Bonchev–Trinajstić information content (AvgIpc) is 3.22. The van der Waals surface area contributed by atoms with Crippen molar-refractivity contribution >= 4 is 38.5 Å². The molecule has 0 fully saturated rings. The summed E-state index contributed by atoms with van der Waals surface area (Å²) in [5.41, 5.74) is 2.48. The lowest BCUT2D eigenvalue weighted by molar-refractivity contribution is -0.131. The second-order valence-electron chi connectivity index (χ2n) is 6.83. The van der Waals surface area contributed by atoms with Crippen LogP contribution in [0.4, 0.5) is 0 Å². The summed E-state index contributed by atoms with van der Waals surface area (Å²) in [5.74, 6) is -0.110. The van der Waals surface area contributed by atoms with Crippen molar-refractivity contribution in [3.05, 3.63) is 64.0 Å². The van der Waals surface area contributed by atoms with Gasteiger partial charge in [-0.25, -0.2) is 9.78 Å². The van der Waals surface area contributed by atoms with Crippen LogP contribution in [0.1, 0.15) is 18.4 Å². The summed E-state index contributed by atoms with van der Waals surface area (Å²) in [6, 6.07) is 15.6. The first kappa shape index (κ1) is 18.4. The van der Waals surface area contributed by atoms with E-state index in [2.05, 4.69) is 4.98 Å². The zero-order valence-electron chi connectivity index (χ0n) is 16.0. The van der Waals surface area contributed by atoms with Crippen molar-refractivity contribution in [2.24, 2.45) is 0 Å². The van der Waals surface area contributed by atoms with Gasteiger partial charge in [0.15, 0.2) is 0 Å². The van der Waals surface area contributed by atoms with Gasteiger partial charge in [0.1, 0.15) is 11.6 Å². The van der Waals surface area contributed by atoms with Crippen molar-refractivity contribution in [2.45, 2.75) is 33.0 Å². The Labute approximate surface area is 166 Å². The van der Waals surface area contributed by atoms with Crippen LogP contribution >= 0.6 is 11.3 Å². The Morgan fingerprint density at radius 1 is 1.07 bits per heavy atom. The molecule has 0 bridgehead atoms. The summed E-state index contributed by atoms with van der Waals surface area (Å²) in [5, 5.41) is 0.887. The molecule has 7 heteroatoms. The topological polar surface area (TPSA) is 60.1 Å². The minimum absolute atomic E-state index is 0.0253. The van der Waals surface area contributed by atoms with E-state index in [-0.39, 0.29) is 18.1 Å². The predicted molar refractivity (Wildman–Crippen MR) is 113 cm³/mol. The number of carbonyl (C=O) groups excluding carboxylic acids is 1. The fraction of sp³-hybridized carbons (Fsp3) is 0.286. The highest BCUT2D eigenvalue weighted by molar-refractivity contribution is 7.18. The molecule has 0 spiro atoms. The third-order valence-electron chi connectivity index (χ3n) is 4.80. The van der Waals surface area contributed by atoms with Crippen LogP contribution in [0.5, 0.6) is 0 Å². The molecule has 0 radical (unpaired) electrons. The molecule has 4 rings (SSSR count). The first-order chi connectivity index (χ1) is 13.6. The van der Waals surface area contributed by atoms with E-state index in [9.17, 15) is 9.59 Å². The van der Waals surface area contributed by atoms with Gasteiger partial charge in [-0.15, -0.1) is 11.3 Å². The fourth-order valence-corrected chi connectivity index (χ4v) is 4.42. The number of para-hydroxylation sites is 3. The molecule has 2 aromatic heterocycles. The molecule has 144 valence electrons. The molecule has 0 saturated heterocycles. The number of aryl methyl sites for hydroxylation is 1. The lowest BCUT2D eigenvalue weighted by atomic mass is 10.3. The maximum atomic E-state index is 12.9. The molecule has 0 aliphatic heterocycles. The number of imidazole rings is 1. The van der Waals surface area contributed by atoms with Gasteiger partial charge >= 0.3 is 5.69 Å². The van der Waals surface area contributed by atoms with Gasteiger partial charge in [0.05, 0.1) is 27.8 Å². The molecular formula is C21H22N4O2S. The minimum atomic E-state index is -0.134. The second-order valence-corrected chi connectivity index (χ2v) is 7.95. The molecule has 1 amide bonds. The van der Waals surface area contributed by atoms with E-state index in [1.54, 1.807) is 32.4 Å². The zero-order chi connectivity index (χ0) is 19.7. The van der Waals surface area contributed by atoms with Gasteiger partial charge in [0.25, 0.3) is 0 Å². The Hall–Kier alpha value is -2.93. The van der Waals surface area contributed by atoms with E-state index >= 15 is 0 Å². The number of likely N-dealkylation sites (N-methyl/N-ethyl adjacent to an activating group) is 1. The van der Waals surface area contributed by atoms with Crippen LogP contribution in [0.25, 0.3) is 21.3 Å². The molecule has 0 saturated carbocycles. The van der Waals surface area contributed by atoms with Crippen LogP contribution in [-0.4, -0.2) is 32.0 Å². The van der Waals surface area contributed by atoms with E-state index in [1.165, 1.54) is 0 Å². The Bertz CT molecular complexity index is 1170. The Balaban J connectivity index is 1.57. The molecule has 2 aromatic carbocycles. The normalized spacial score (nSPS) is 11.4. The molecule has 4 aromatic rings.